The lowest BCUT2D eigenvalue weighted by Gasteiger charge is -2.28. The Labute approximate surface area is 147 Å². The van der Waals surface area contributed by atoms with Gasteiger partial charge in [0.1, 0.15) is 32.7 Å². The largest absolute Gasteiger partial charge is 0.442 e. The third-order valence-electron chi connectivity index (χ3n) is 4.38. The van der Waals surface area contributed by atoms with E-state index in [-0.39, 0.29) is 5.76 Å². The van der Waals surface area contributed by atoms with Crippen LogP contribution < -0.4 is 15.6 Å². The molecule has 3 aromatic rings. The number of nitrogens with zero attached hydrogens (tertiary/aromatic N) is 2. The van der Waals surface area contributed by atoms with Crippen LogP contribution in [0.4, 0.5) is 0 Å². The van der Waals surface area contributed by atoms with Crippen molar-refractivity contribution < 1.29 is 14.2 Å². The summed E-state index contributed by atoms with van der Waals surface area (Å²) in [6.07, 6.45) is 0. The second kappa shape index (κ2) is 7.02. The zero-order valence-electron chi connectivity index (χ0n) is 13.2. The average Bonchev–Trinajstić information content (AvgIpc) is 3.32. The minimum Gasteiger partial charge on any atom is -0.387 e. The maximum Gasteiger partial charge on any atom is 0.442 e. The maximum absolute atomic E-state index is 12.0. The number of piperazine rings is 1. The van der Waals surface area contributed by atoms with Crippen LogP contribution in [-0.2, 0) is 13.2 Å². The summed E-state index contributed by atoms with van der Waals surface area (Å²) in [7, 11) is 0. The quantitative estimate of drug-likeness (QED) is 0.646. The molecule has 0 radical (unpaired) electrons. The molecule has 2 N–H and O–H groups in total. The van der Waals surface area contributed by atoms with Crippen molar-refractivity contribution >= 4 is 22.7 Å². The topological polar surface area (TPSA) is 56.9 Å². The third-order valence-corrected chi connectivity index (χ3v) is 6.11. The van der Waals surface area contributed by atoms with E-state index in [2.05, 4.69) is 22.6 Å². The summed E-state index contributed by atoms with van der Waals surface area (Å²) < 4.78 is 6.75. The summed E-state index contributed by atoms with van der Waals surface area (Å²) in [5.74, 6) is 0.0654. The molecular formula is C16H20N4O2S2+2. The molecule has 1 saturated heterocycles. The Hall–Kier alpha value is -1.74. The van der Waals surface area contributed by atoms with Crippen LogP contribution in [-0.4, -0.2) is 36.0 Å². The first-order valence-electron chi connectivity index (χ1n) is 8.09. The van der Waals surface area contributed by atoms with Crippen molar-refractivity contribution in [1.29, 1.82) is 0 Å². The van der Waals surface area contributed by atoms with Crippen molar-refractivity contribution in [3.63, 3.8) is 0 Å². The van der Waals surface area contributed by atoms with Crippen LogP contribution in [0.3, 0.4) is 0 Å². The lowest BCUT2D eigenvalue weighted by Crippen LogP contribution is -3.27. The fourth-order valence-corrected chi connectivity index (χ4v) is 4.49. The molecule has 4 heterocycles. The van der Waals surface area contributed by atoms with Gasteiger partial charge in [0.25, 0.3) is 5.89 Å². The van der Waals surface area contributed by atoms with Gasteiger partial charge in [-0.05, 0) is 22.9 Å². The summed E-state index contributed by atoms with van der Waals surface area (Å²) in [4.78, 5) is 17.4. The molecule has 0 spiro atoms. The molecule has 0 unspecified atom stereocenters. The highest BCUT2D eigenvalue weighted by Gasteiger charge is 2.25. The summed E-state index contributed by atoms with van der Waals surface area (Å²) in [5.41, 5.74) is 0. The number of aromatic nitrogens is 2. The summed E-state index contributed by atoms with van der Waals surface area (Å²) in [6, 6.07) is 8.17. The number of nitrogens with one attached hydrogen (secondary N) is 2. The van der Waals surface area contributed by atoms with E-state index in [1.165, 1.54) is 25.8 Å². The maximum atomic E-state index is 12.0. The van der Waals surface area contributed by atoms with Gasteiger partial charge < -0.3 is 14.2 Å². The second-order valence-electron chi connectivity index (χ2n) is 6.06. The summed E-state index contributed by atoms with van der Waals surface area (Å²) in [5, 5.41) is 8.44. The van der Waals surface area contributed by atoms with Gasteiger partial charge in [-0.15, -0.1) is 32.5 Å². The number of quaternary nitrogens is 2. The first-order chi connectivity index (χ1) is 11.8. The summed E-state index contributed by atoms with van der Waals surface area (Å²) >= 11 is 3.36. The molecule has 4 rings (SSSR count). The number of rotatable bonds is 5. The Morgan fingerprint density at radius 3 is 2.54 bits per heavy atom. The van der Waals surface area contributed by atoms with Gasteiger partial charge in [-0.25, -0.2) is 4.79 Å². The minimum atomic E-state index is -0.362. The van der Waals surface area contributed by atoms with E-state index in [9.17, 15) is 4.79 Å². The van der Waals surface area contributed by atoms with Crippen molar-refractivity contribution in [1.82, 2.24) is 9.78 Å². The van der Waals surface area contributed by atoms with Crippen LogP contribution in [0.5, 0.6) is 0 Å². The van der Waals surface area contributed by atoms with Gasteiger partial charge >= 0.3 is 5.76 Å². The van der Waals surface area contributed by atoms with Crippen LogP contribution in [0, 0.1) is 0 Å². The van der Waals surface area contributed by atoms with Crippen LogP contribution >= 0.6 is 22.7 Å². The van der Waals surface area contributed by atoms with Crippen LogP contribution in [0.15, 0.2) is 44.2 Å². The van der Waals surface area contributed by atoms with E-state index < -0.39 is 0 Å². The van der Waals surface area contributed by atoms with Crippen molar-refractivity contribution in [2.24, 2.45) is 0 Å². The molecule has 6 nitrogen and oxygen atoms in total. The van der Waals surface area contributed by atoms with Gasteiger partial charge in [-0.2, -0.15) is 0 Å². The predicted molar refractivity (Wildman–Crippen MR) is 93.5 cm³/mol. The van der Waals surface area contributed by atoms with Crippen LogP contribution in [0.2, 0.25) is 0 Å². The van der Waals surface area contributed by atoms with Gasteiger partial charge in [-0.1, -0.05) is 12.1 Å². The van der Waals surface area contributed by atoms with Gasteiger partial charge in [0.05, 0.1) is 9.75 Å². The smallest absolute Gasteiger partial charge is 0.387 e. The molecular weight excluding hydrogens is 344 g/mol. The van der Waals surface area contributed by atoms with E-state index in [1.807, 2.05) is 28.8 Å². The van der Waals surface area contributed by atoms with Crippen molar-refractivity contribution in [2.45, 2.75) is 13.2 Å². The van der Waals surface area contributed by atoms with Gasteiger partial charge in [0.2, 0.25) is 0 Å². The molecule has 0 aliphatic carbocycles. The highest BCUT2D eigenvalue weighted by molar-refractivity contribution is 7.13. The minimum absolute atomic E-state index is 0.362. The monoisotopic (exact) mass is 364 g/mol. The lowest BCUT2D eigenvalue weighted by atomic mass is 10.3. The first kappa shape index (κ1) is 15.8. The Morgan fingerprint density at radius 2 is 1.83 bits per heavy atom. The van der Waals surface area contributed by atoms with Crippen LogP contribution in [0.25, 0.3) is 10.8 Å². The molecule has 126 valence electrons. The molecule has 24 heavy (non-hydrogen) atoms. The van der Waals surface area contributed by atoms with Crippen molar-refractivity contribution in [3.8, 4) is 10.8 Å². The highest BCUT2D eigenvalue weighted by atomic mass is 32.1. The van der Waals surface area contributed by atoms with E-state index in [0.717, 1.165) is 37.6 Å². The van der Waals surface area contributed by atoms with Gasteiger partial charge in [-0.3, -0.25) is 0 Å². The van der Waals surface area contributed by atoms with E-state index in [0.29, 0.717) is 12.6 Å². The Kier molecular flexibility index (Phi) is 4.61. The second-order valence-corrected chi connectivity index (χ2v) is 8.04. The SMILES string of the molecule is O=c1oc(-c2cccs2)nn1C[NH+]1CC[NH+](Cc2cccs2)CC1. The highest BCUT2D eigenvalue weighted by Crippen LogP contribution is 2.20. The number of hydrogen-bond acceptors (Lipinski definition) is 5. The Bertz CT molecular complexity index is 815. The average molecular weight is 364 g/mol. The molecule has 0 amide bonds. The Morgan fingerprint density at radius 1 is 1.08 bits per heavy atom. The van der Waals surface area contributed by atoms with E-state index in [1.54, 1.807) is 4.90 Å². The fourth-order valence-electron chi connectivity index (χ4n) is 3.07. The molecule has 0 saturated carbocycles. The normalized spacial score (nSPS) is 21.2. The lowest BCUT2D eigenvalue weighted by molar-refractivity contribution is -1.03. The predicted octanol–water partition coefficient (Wildman–Crippen LogP) is -0.433. The van der Waals surface area contributed by atoms with Gasteiger partial charge in [0.15, 0.2) is 6.67 Å². The third kappa shape index (κ3) is 3.51. The molecule has 0 aromatic carbocycles. The number of hydrogen-bond donors (Lipinski definition) is 2. The molecule has 0 bridgehead atoms. The summed E-state index contributed by atoms with van der Waals surface area (Å²) in [6.45, 7) is 6.04. The van der Waals surface area contributed by atoms with Crippen molar-refractivity contribution in [3.05, 3.63) is 50.5 Å². The number of thiophene rings is 2. The van der Waals surface area contributed by atoms with Gasteiger partial charge in [0, 0.05) is 0 Å². The Balaban J connectivity index is 1.35. The first-order valence-corrected chi connectivity index (χ1v) is 9.85. The molecule has 3 aromatic heterocycles. The molecule has 0 atom stereocenters. The van der Waals surface area contributed by atoms with Crippen molar-refractivity contribution in [2.75, 3.05) is 26.2 Å². The van der Waals surface area contributed by atoms with E-state index in [4.69, 9.17) is 4.42 Å². The zero-order chi connectivity index (χ0) is 16.4. The molecule has 8 heteroatoms. The zero-order valence-corrected chi connectivity index (χ0v) is 14.9. The fraction of sp³-hybridized carbons (Fsp3) is 0.375. The molecule has 1 aliphatic heterocycles. The van der Waals surface area contributed by atoms with E-state index >= 15 is 0 Å². The standard InChI is InChI=1S/C16H18N4O2S2/c21-16-20(17-15(22-16)14-4-2-10-24-14)12-19-7-5-18(6-8-19)11-13-3-1-9-23-13/h1-4,9-10H,5-8,11-12H2/p+2. The molecule has 1 aliphatic rings. The molecule has 1 fully saturated rings. The van der Waals surface area contributed by atoms with Crippen LogP contribution in [0.1, 0.15) is 4.88 Å².